The lowest BCUT2D eigenvalue weighted by Gasteiger charge is -2.27. The molecule has 1 aliphatic rings. The summed E-state index contributed by atoms with van der Waals surface area (Å²) in [6, 6.07) is 14.8. The SMILES string of the molecule is COc1ccc(-n2c(C)ccc2/C=C2\C(=O)NC(=O)N(c3ccc(OC)cc3OC)C2=O)cc1. The Morgan fingerprint density at radius 2 is 1.50 bits per heavy atom. The molecule has 0 spiro atoms. The fraction of sp³-hybridized carbons (Fsp3) is 0.160. The molecule has 3 aromatic rings. The fourth-order valence-electron chi connectivity index (χ4n) is 3.75. The average Bonchev–Trinajstić information content (AvgIpc) is 3.21. The van der Waals surface area contributed by atoms with Crippen LogP contribution in [0.4, 0.5) is 10.5 Å². The number of aromatic nitrogens is 1. The molecule has 4 amide bonds. The molecule has 174 valence electrons. The van der Waals surface area contributed by atoms with E-state index in [9.17, 15) is 14.4 Å². The van der Waals surface area contributed by atoms with Crippen LogP contribution in [0.1, 0.15) is 11.4 Å². The highest BCUT2D eigenvalue weighted by atomic mass is 16.5. The summed E-state index contributed by atoms with van der Waals surface area (Å²) in [5, 5.41) is 2.24. The summed E-state index contributed by atoms with van der Waals surface area (Å²) in [6.07, 6.45) is 1.46. The third kappa shape index (κ3) is 3.99. The van der Waals surface area contributed by atoms with Crippen molar-refractivity contribution in [2.45, 2.75) is 6.92 Å². The number of nitrogens with zero attached hydrogens (tertiary/aromatic N) is 2. The van der Waals surface area contributed by atoms with Crippen LogP contribution in [0.25, 0.3) is 11.8 Å². The molecule has 9 nitrogen and oxygen atoms in total. The van der Waals surface area contributed by atoms with Crippen molar-refractivity contribution < 1.29 is 28.6 Å². The van der Waals surface area contributed by atoms with Gasteiger partial charge in [-0.1, -0.05) is 0 Å². The van der Waals surface area contributed by atoms with Crippen LogP contribution in [0.3, 0.4) is 0 Å². The second kappa shape index (κ2) is 9.14. The Balaban J connectivity index is 1.77. The van der Waals surface area contributed by atoms with Gasteiger partial charge in [0.25, 0.3) is 11.8 Å². The Bertz CT molecular complexity index is 1310. The van der Waals surface area contributed by atoms with Crippen molar-refractivity contribution in [3.05, 3.63) is 71.6 Å². The Morgan fingerprint density at radius 3 is 2.15 bits per heavy atom. The van der Waals surface area contributed by atoms with Gasteiger partial charge in [-0.3, -0.25) is 14.9 Å². The van der Waals surface area contributed by atoms with Gasteiger partial charge in [0.15, 0.2) is 0 Å². The molecule has 4 rings (SSSR count). The lowest BCUT2D eigenvalue weighted by atomic mass is 10.1. The summed E-state index contributed by atoms with van der Waals surface area (Å²) >= 11 is 0. The number of hydrogen-bond acceptors (Lipinski definition) is 6. The van der Waals surface area contributed by atoms with Crippen LogP contribution >= 0.6 is 0 Å². The Morgan fingerprint density at radius 1 is 0.824 bits per heavy atom. The van der Waals surface area contributed by atoms with E-state index in [4.69, 9.17) is 14.2 Å². The summed E-state index contributed by atoms with van der Waals surface area (Å²) in [7, 11) is 4.49. The molecule has 1 aliphatic heterocycles. The number of anilines is 1. The summed E-state index contributed by atoms with van der Waals surface area (Å²) < 4.78 is 17.6. The molecule has 0 atom stereocenters. The topological polar surface area (TPSA) is 99.1 Å². The Kier molecular flexibility index (Phi) is 6.09. The summed E-state index contributed by atoms with van der Waals surface area (Å²) in [5.41, 5.74) is 2.31. The molecule has 0 bridgehead atoms. The van der Waals surface area contributed by atoms with Crippen LogP contribution in [0.2, 0.25) is 0 Å². The van der Waals surface area contributed by atoms with Crippen molar-refractivity contribution in [1.29, 1.82) is 0 Å². The first-order chi connectivity index (χ1) is 16.4. The van der Waals surface area contributed by atoms with Gasteiger partial charge < -0.3 is 18.8 Å². The Hall–Kier alpha value is -4.53. The first kappa shape index (κ1) is 22.7. The molecule has 1 N–H and O–H groups in total. The standard InChI is InChI=1S/C25H23N3O6/c1-15-5-6-17(27(15)16-7-9-18(32-2)10-8-16)13-20-23(29)26-25(31)28(24(20)30)21-12-11-19(33-3)14-22(21)34-4/h5-14H,1-4H3,(H,26,29,31)/b20-13+. The van der Waals surface area contributed by atoms with Crippen LogP contribution in [0, 0.1) is 6.92 Å². The minimum Gasteiger partial charge on any atom is -0.497 e. The first-order valence-corrected chi connectivity index (χ1v) is 10.3. The largest absolute Gasteiger partial charge is 0.497 e. The van der Waals surface area contributed by atoms with Crippen molar-refractivity contribution in [2.75, 3.05) is 26.2 Å². The number of carbonyl (C=O) groups is 3. The number of urea groups is 1. The van der Waals surface area contributed by atoms with E-state index in [1.165, 1.54) is 26.4 Å². The maximum Gasteiger partial charge on any atom is 0.336 e. The van der Waals surface area contributed by atoms with E-state index in [0.717, 1.165) is 16.3 Å². The van der Waals surface area contributed by atoms with Crippen molar-refractivity contribution >= 4 is 29.6 Å². The normalized spacial score (nSPS) is 14.9. The smallest absolute Gasteiger partial charge is 0.336 e. The lowest BCUT2D eigenvalue weighted by molar-refractivity contribution is -0.122. The molecule has 1 fully saturated rings. The van der Waals surface area contributed by atoms with E-state index in [-0.39, 0.29) is 17.0 Å². The number of aryl methyl sites for hydroxylation is 1. The van der Waals surface area contributed by atoms with Crippen molar-refractivity contribution in [3.63, 3.8) is 0 Å². The van der Waals surface area contributed by atoms with E-state index >= 15 is 0 Å². The second-order valence-electron chi connectivity index (χ2n) is 7.43. The van der Waals surface area contributed by atoms with Gasteiger partial charge in [0.1, 0.15) is 22.8 Å². The molecule has 2 heterocycles. The molecule has 1 aromatic heterocycles. The van der Waals surface area contributed by atoms with Crippen LogP contribution in [-0.4, -0.2) is 43.7 Å². The number of hydrogen-bond donors (Lipinski definition) is 1. The van der Waals surface area contributed by atoms with Crippen molar-refractivity contribution in [1.82, 2.24) is 9.88 Å². The molecule has 9 heteroatoms. The number of nitrogens with one attached hydrogen (secondary N) is 1. The zero-order chi connectivity index (χ0) is 24.4. The number of carbonyl (C=O) groups excluding carboxylic acids is 3. The quantitative estimate of drug-likeness (QED) is 0.446. The van der Waals surface area contributed by atoms with Crippen LogP contribution in [-0.2, 0) is 9.59 Å². The average molecular weight is 461 g/mol. The van der Waals surface area contributed by atoms with E-state index in [0.29, 0.717) is 17.2 Å². The fourth-order valence-corrected chi connectivity index (χ4v) is 3.75. The second-order valence-corrected chi connectivity index (χ2v) is 7.43. The van der Waals surface area contributed by atoms with Crippen LogP contribution in [0.15, 0.2) is 60.2 Å². The van der Waals surface area contributed by atoms with Crippen LogP contribution in [0.5, 0.6) is 17.2 Å². The van der Waals surface area contributed by atoms with E-state index in [2.05, 4.69) is 5.32 Å². The van der Waals surface area contributed by atoms with Crippen LogP contribution < -0.4 is 24.4 Å². The molecular weight excluding hydrogens is 438 g/mol. The molecule has 34 heavy (non-hydrogen) atoms. The highest BCUT2D eigenvalue weighted by molar-refractivity contribution is 6.39. The molecule has 1 saturated heterocycles. The van der Waals surface area contributed by atoms with Gasteiger partial charge in [0, 0.05) is 23.1 Å². The zero-order valence-corrected chi connectivity index (χ0v) is 19.1. The minimum absolute atomic E-state index is 0.186. The number of methoxy groups -OCH3 is 3. The molecule has 0 saturated carbocycles. The number of rotatable bonds is 6. The Labute approximate surface area is 196 Å². The third-order valence-corrected chi connectivity index (χ3v) is 5.46. The highest BCUT2D eigenvalue weighted by Gasteiger charge is 2.38. The molecule has 0 unspecified atom stereocenters. The predicted molar refractivity (Wildman–Crippen MR) is 126 cm³/mol. The highest BCUT2D eigenvalue weighted by Crippen LogP contribution is 2.34. The summed E-state index contributed by atoms with van der Waals surface area (Å²) in [5.74, 6) is -0.104. The summed E-state index contributed by atoms with van der Waals surface area (Å²) in [4.78, 5) is 39.5. The van der Waals surface area contributed by atoms with Gasteiger partial charge in [-0.25, -0.2) is 9.69 Å². The molecule has 2 aromatic carbocycles. The number of benzene rings is 2. The maximum absolute atomic E-state index is 13.4. The molecular formula is C25H23N3O6. The number of ether oxygens (including phenoxy) is 3. The maximum atomic E-state index is 13.4. The monoisotopic (exact) mass is 461 g/mol. The van der Waals surface area contributed by atoms with Crippen molar-refractivity contribution in [3.8, 4) is 22.9 Å². The zero-order valence-electron chi connectivity index (χ0n) is 19.1. The van der Waals surface area contributed by atoms with Gasteiger partial charge >= 0.3 is 6.03 Å². The molecule has 0 radical (unpaired) electrons. The van der Waals surface area contributed by atoms with E-state index in [1.807, 2.05) is 41.8 Å². The third-order valence-electron chi connectivity index (χ3n) is 5.46. The van der Waals surface area contributed by atoms with Gasteiger partial charge in [-0.15, -0.1) is 0 Å². The predicted octanol–water partition coefficient (Wildman–Crippen LogP) is 3.48. The lowest BCUT2D eigenvalue weighted by Crippen LogP contribution is -2.54. The molecule has 0 aliphatic carbocycles. The van der Waals surface area contributed by atoms with E-state index < -0.39 is 17.8 Å². The van der Waals surface area contributed by atoms with Gasteiger partial charge in [0.05, 0.1) is 27.0 Å². The minimum atomic E-state index is -0.864. The van der Waals surface area contributed by atoms with Crippen molar-refractivity contribution in [2.24, 2.45) is 0 Å². The summed E-state index contributed by atoms with van der Waals surface area (Å²) in [6.45, 7) is 1.91. The first-order valence-electron chi connectivity index (χ1n) is 10.3. The van der Waals surface area contributed by atoms with Gasteiger partial charge in [-0.05, 0) is 61.5 Å². The van der Waals surface area contributed by atoms with Gasteiger partial charge in [-0.2, -0.15) is 0 Å². The number of amides is 4. The number of imide groups is 2. The van der Waals surface area contributed by atoms with E-state index in [1.54, 1.807) is 25.3 Å². The van der Waals surface area contributed by atoms with Gasteiger partial charge in [0.2, 0.25) is 0 Å². The number of barbiturate groups is 1.